The van der Waals surface area contributed by atoms with Crippen LogP contribution in [0.15, 0.2) is 49.1 Å². The molecule has 0 aliphatic heterocycles. The Morgan fingerprint density at radius 2 is 2.05 bits per heavy atom. The minimum absolute atomic E-state index is 0.402. The van der Waals surface area contributed by atoms with Crippen molar-refractivity contribution in [1.29, 1.82) is 0 Å². The summed E-state index contributed by atoms with van der Waals surface area (Å²) in [5.41, 5.74) is 3.16. The van der Waals surface area contributed by atoms with Crippen LogP contribution in [-0.2, 0) is 6.54 Å². The summed E-state index contributed by atoms with van der Waals surface area (Å²) in [6.45, 7) is 6.68. The topological polar surface area (TPSA) is 21.3 Å². The fourth-order valence-electron chi connectivity index (χ4n) is 2.00. The van der Waals surface area contributed by atoms with Crippen LogP contribution in [0.4, 0.5) is 5.69 Å². The van der Waals surface area contributed by atoms with Gasteiger partial charge in [0.25, 0.3) is 0 Å². The molecular formula is C17H17Cl2NO. The Labute approximate surface area is 135 Å². The van der Waals surface area contributed by atoms with E-state index in [4.69, 9.17) is 27.9 Å². The van der Waals surface area contributed by atoms with Gasteiger partial charge < -0.3 is 10.1 Å². The first kappa shape index (κ1) is 15.7. The highest BCUT2D eigenvalue weighted by Crippen LogP contribution is 2.33. The van der Waals surface area contributed by atoms with E-state index in [0.717, 1.165) is 11.3 Å². The van der Waals surface area contributed by atoms with Gasteiger partial charge in [-0.2, -0.15) is 0 Å². The maximum atomic E-state index is 6.21. The molecule has 1 N–H and O–H groups in total. The molecule has 0 aliphatic carbocycles. The molecule has 2 nitrogen and oxygen atoms in total. The van der Waals surface area contributed by atoms with Gasteiger partial charge in [0.2, 0.25) is 0 Å². The molecule has 0 bridgehead atoms. The summed E-state index contributed by atoms with van der Waals surface area (Å²) in [6, 6.07) is 11.7. The van der Waals surface area contributed by atoms with Crippen LogP contribution in [-0.4, -0.2) is 6.61 Å². The Morgan fingerprint density at radius 1 is 1.24 bits per heavy atom. The van der Waals surface area contributed by atoms with Gasteiger partial charge in [-0.25, -0.2) is 0 Å². The SMILES string of the molecule is C=CCOc1c(Cl)cc(Cl)cc1CNc1cccc(C)c1. The zero-order valence-electron chi connectivity index (χ0n) is 11.8. The number of hydrogen-bond acceptors (Lipinski definition) is 2. The maximum absolute atomic E-state index is 6.21. The Kier molecular flexibility index (Phi) is 5.54. The lowest BCUT2D eigenvalue weighted by atomic mass is 10.1. The van der Waals surface area contributed by atoms with E-state index >= 15 is 0 Å². The normalized spacial score (nSPS) is 10.2. The van der Waals surface area contributed by atoms with E-state index in [1.165, 1.54) is 5.56 Å². The molecule has 0 spiro atoms. The van der Waals surface area contributed by atoms with Crippen molar-refractivity contribution in [1.82, 2.24) is 0 Å². The van der Waals surface area contributed by atoms with Crippen LogP contribution in [0.25, 0.3) is 0 Å². The van der Waals surface area contributed by atoms with E-state index in [1.807, 2.05) is 18.2 Å². The first-order valence-electron chi connectivity index (χ1n) is 6.62. The van der Waals surface area contributed by atoms with Crippen molar-refractivity contribution in [2.45, 2.75) is 13.5 Å². The van der Waals surface area contributed by atoms with E-state index in [-0.39, 0.29) is 0 Å². The van der Waals surface area contributed by atoms with E-state index in [1.54, 1.807) is 12.1 Å². The third kappa shape index (κ3) is 4.42. The van der Waals surface area contributed by atoms with Crippen molar-refractivity contribution in [2.75, 3.05) is 11.9 Å². The van der Waals surface area contributed by atoms with Gasteiger partial charge in [-0.1, -0.05) is 48.0 Å². The second-order valence-electron chi connectivity index (χ2n) is 4.70. The van der Waals surface area contributed by atoms with E-state index in [2.05, 4.69) is 31.0 Å². The molecule has 0 heterocycles. The minimum atomic E-state index is 0.402. The fourth-order valence-corrected chi connectivity index (χ4v) is 2.59. The van der Waals surface area contributed by atoms with Gasteiger partial charge in [0.15, 0.2) is 0 Å². The predicted octanol–water partition coefficient (Wildman–Crippen LogP) is 5.48. The summed E-state index contributed by atoms with van der Waals surface area (Å²) in [4.78, 5) is 0. The largest absolute Gasteiger partial charge is 0.488 e. The highest BCUT2D eigenvalue weighted by Gasteiger charge is 2.10. The van der Waals surface area contributed by atoms with Crippen molar-refractivity contribution in [3.63, 3.8) is 0 Å². The molecule has 0 aliphatic rings. The number of hydrogen-bond donors (Lipinski definition) is 1. The molecular weight excluding hydrogens is 305 g/mol. The third-order valence-electron chi connectivity index (χ3n) is 2.93. The van der Waals surface area contributed by atoms with Crippen LogP contribution in [0.2, 0.25) is 10.0 Å². The summed E-state index contributed by atoms with van der Waals surface area (Å²) < 4.78 is 5.64. The molecule has 21 heavy (non-hydrogen) atoms. The standard InChI is InChI=1S/C17H17Cl2NO/c1-3-7-21-17-13(9-14(18)10-16(17)19)11-20-15-6-4-5-12(2)8-15/h3-6,8-10,20H,1,7,11H2,2H3. The molecule has 0 radical (unpaired) electrons. The average Bonchev–Trinajstić information content (AvgIpc) is 2.44. The Hall–Kier alpha value is -1.64. The highest BCUT2D eigenvalue weighted by molar-refractivity contribution is 6.35. The summed E-state index contributed by atoms with van der Waals surface area (Å²) in [5.74, 6) is 0.640. The van der Waals surface area contributed by atoms with Gasteiger partial charge in [-0.3, -0.25) is 0 Å². The zero-order valence-corrected chi connectivity index (χ0v) is 13.3. The molecule has 0 atom stereocenters. The van der Waals surface area contributed by atoms with Crippen LogP contribution < -0.4 is 10.1 Å². The highest BCUT2D eigenvalue weighted by atomic mass is 35.5. The molecule has 0 saturated heterocycles. The molecule has 0 fully saturated rings. The molecule has 0 aromatic heterocycles. The molecule has 2 rings (SSSR count). The van der Waals surface area contributed by atoms with E-state index < -0.39 is 0 Å². The minimum Gasteiger partial charge on any atom is -0.488 e. The monoisotopic (exact) mass is 321 g/mol. The zero-order chi connectivity index (χ0) is 15.2. The number of nitrogens with one attached hydrogen (secondary N) is 1. The molecule has 0 unspecified atom stereocenters. The second-order valence-corrected chi connectivity index (χ2v) is 5.54. The van der Waals surface area contributed by atoms with Crippen molar-refractivity contribution in [3.8, 4) is 5.75 Å². The second kappa shape index (κ2) is 7.39. The number of aryl methyl sites for hydroxylation is 1. The smallest absolute Gasteiger partial charge is 0.143 e. The molecule has 2 aromatic rings. The van der Waals surface area contributed by atoms with Crippen LogP contribution in [0.5, 0.6) is 5.75 Å². The summed E-state index contributed by atoms with van der Waals surface area (Å²) in [5, 5.41) is 4.44. The molecule has 4 heteroatoms. The lowest BCUT2D eigenvalue weighted by Crippen LogP contribution is -2.04. The van der Waals surface area contributed by atoms with Crippen LogP contribution in [0, 0.1) is 6.92 Å². The van der Waals surface area contributed by atoms with Crippen LogP contribution in [0.3, 0.4) is 0 Å². The summed E-state index contributed by atoms with van der Waals surface area (Å²) in [7, 11) is 0. The van der Waals surface area contributed by atoms with E-state index in [9.17, 15) is 0 Å². The van der Waals surface area contributed by atoms with Gasteiger partial charge in [-0.15, -0.1) is 0 Å². The van der Waals surface area contributed by atoms with E-state index in [0.29, 0.717) is 28.9 Å². The number of rotatable bonds is 6. The third-order valence-corrected chi connectivity index (χ3v) is 3.43. The van der Waals surface area contributed by atoms with Crippen molar-refractivity contribution < 1.29 is 4.74 Å². The first-order chi connectivity index (χ1) is 10.1. The maximum Gasteiger partial charge on any atom is 0.143 e. The van der Waals surface area contributed by atoms with Crippen molar-refractivity contribution >= 4 is 28.9 Å². The van der Waals surface area contributed by atoms with Crippen molar-refractivity contribution in [2.24, 2.45) is 0 Å². The van der Waals surface area contributed by atoms with Gasteiger partial charge in [0.05, 0.1) is 5.02 Å². The number of benzene rings is 2. The van der Waals surface area contributed by atoms with Gasteiger partial charge in [-0.05, 0) is 36.8 Å². The van der Waals surface area contributed by atoms with Crippen molar-refractivity contribution in [3.05, 3.63) is 70.2 Å². The van der Waals surface area contributed by atoms with Gasteiger partial charge in [0.1, 0.15) is 12.4 Å². The Morgan fingerprint density at radius 3 is 2.76 bits per heavy atom. The fraction of sp³-hybridized carbons (Fsp3) is 0.176. The average molecular weight is 322 g/mol. The van der Waals surface area contributed by atoms with Gasteiger partial charge in [0, 0.05) is 22.8 Å². The predicted molar refractivity (Wildman–Crippen MR) is 90.7 cm³/mol. The lowest BCUT2D eigenvalue weighted by Gasteiger charge is -2.14. The summed E-state index contributed by atoms with van der Waals surface area (Å²) in [6.07, 6.45) is 1.68. The number of ether oxygens (including phenoxy) is 1. The Balaban J connectivity index is 2.19. The number of halogens is 2. The van der Waals surface area contributed by atoms with Gasteiger partial charge >= 0.3 is 0 Å². The Bertz CT molecular complexity index is 641. The van der Waals surface area contributed by atoms with Crippen LogP contribution in [0.1, 0.15) is 11.1 Å². The lowest BCUT2D eigenvalue weighted by molar-refractivity contribution is 0.360. The molecule has 110 valence electrons. The molecule has 0 saturated carbocycles. The molecule has 2 aromatic carbocycles. The van der Waals surface area contributed by atoms with Crippen LogP contribution >= 0.6 is 23.2 Å². The number of anilines is 1. The quantitative estimate of drug-likeness (QED) is 0.711. The first-order valence-corrected chi connectivity index (χ1v) is 7.38. The summed E-state index contributed by atoms with van der Waals surface area (Å²) >= 11 is 12.3. The molecule has 0 amide bonds.